The van der Waals surface area contributed by atoms with Crippen molar-refractivity contribution in [2.45, 2.75) is 58.5 Å². The van der Waals surface area contributed by atoms with Crippen LogP contribution >= 0.6 is 0 Å². The van der Waals surface area contributed by atoms with Crippen molar-refractivity contribution in [3.05, 3.63) is 0 Å². The Labute approximate surface area is 132 Å². The van der Waals surface area contributed by atoms with Crippen molar-refractivity contribution < 1.29 is 18.0 Å². The number of carbonyl (C=O) groups excluding carboxylic acids is 2. The predicted molar refractivity (Wildman–Crippen MR) is 84.0 cm³/mol. The van der Waals surface area contributed by atoms with E-state index in [1.54, 1.807) is 4.90 Å². The van der Waals surface area contributed by atoms with Gasteiger partial charge in [0.15, 0.2) is 9.84 Å². The van der Waals surface area contributed by atoms with Crippen molar-refractivity contribution in [2.75, 3.05) is 18.1 Å². The Morgan fingerprint density at radius 3 is 2.36 bits per heavy atom. The molecule has 6 nitrogen and oxygen atoms in total. The van der Waals surface area contributed by atoms with E-state index in [-0.39, 0.29) is 35.4 Å². The molecule has 2 fully saturated rings. The first-order chi connectivity index (χ1) is 10.3. The predicted octanol–water partition coefficient (Wildman–Crippen LogP) is 0.717. The molecular weight excluding hydrogens is 304 g/mol. The second-order valence-corrected chi connectivity index (χ2v) is 8.74. The van der Waals surface area contributed by atoms with Crippen LogP contribution in [0.15, 0.2) is 0 Å². The zero-order chi connectivity index (χ0) is 16.5. The van der Waals surface area contributed by atoms with Crippen LogP contribution in [0.4, 0.5) is 0 Å². The first-order valence-electron chi connectivity index (χ1n) is 8.08. The molecule has 7 heteroatoms. The second-order valence-electron chi connectivity index (χ2n) is 6.51. The van der Waals surface area contributed by atoms with Crippen molar-refractivity contribution in [1.29, 1.82) is 0 Å². The molecule has 1 heterocycles. The van der Waals surface area contributed by atoms with Crippen molar-refractivity contribution in [3.8, 4) is 0 Å². The third kappa shape index (κ3) is 3.29. The van der Waals surface area contributed by atoms with Gasteiger partial charge in [0.25, 0.3) is 0 Å². The fourth-order valence-corrected chi connectivity index (χ4v) is 4.72. The Balaban J connectivity index is 2.10. The van der Waals surface area contributed by atoms with Crippen LogP contribution in [0.5, 0.6) is 0 Å². The number of nitrogens with zero attached hydrogens (tertiary/aromatic N) is 1. The largest absolute Gasteiger partial charge is 0.353 e. The molecule has 22 heavy (non-hydrogen) atoms. The van der Waals surface area contributed by atoms with E-state index in [1.165, 1.54) is 0 Å². The molecule has 2 aliphatic rings. The molecule has 0 spiro atoms. The first kappa shape index (κ1) is 17.2. The summed E-state index contributed by atoms with van der Waals surface area (Å²) in [6, 6.07) is -0.240. The summed E-state index contributed by atoms with van der Waals surface area (Å²) in [5, 5.41) is 2.89. The van der Waals surface area contributed by atoms with Crippen LogP contribution in [0.2, 0.25) is 0 Å². The Kier molecular flexibility index (Phi) is 4.84. The van der Waals surface area contributed by atoms with Crippen LogP contribution in [0.3, 0.4) is 0 Å². The average Bonchev–Trinajstić information content (AvgIpc) is 3.20. The van der Waals surface area contributed by atoms with Crippen LogP contribution in [-0.2, 0) is 19.4 Å². The lowest BCUT2D eigenvalue weighted by Crippen LogP contribution is -2.50. The van der Waals surface area contributed by atoms with Gasteiger partial charge in [0.2, 0.25) is 11.8 Å². The van der Waals surface area contributed by atoms with Gasteiger partial charge in [0, 0.05) is 18.6 Å². The smallest absolute Gasteiger partial charge is 0.238 e. The molecule has 0 bridgehead atoms. The number of hydrogen-bond acceptors (Lipinski definition) is 4. The van der Waals surface area contributed by atoms with E-state index in [4.69, 9.17) is 0 Å². The Bertz CT molecular complexity index is 554. The van der Waals surface area contributed by atoms with E-state index in [2.05, 4.69) is 5.32 Å². The summed E-state index contributed by atoms with van der Waals surface area (Å²) in [6.45, 7) is 6.18. The van der Waals surface area contributed by atoms with Crippen molar-refractivity contribution in [2.24, 2.45) is 5.41 Å². The highest BCUT2D eigenvalue weighted by molar-refractivity contribution is 7.91. The molecule has 0 radical (unpaired) electrons. The molecule has 1 N–H and O–H groups in total. The van der Waals surface area contributed by atoms with E-state index >= 15 is 0 Å². The highest BCUT2D eigenvalue weighted by Gasteiger charge is 2.58. The highest BCUT2D eigenvalue weighted by atomic mass is 32.2. The van der Waals surface area contributed by atoms with Crippen LogP contribution in [0, 0.1) is 5.41 Å². The number of hydrogen-bond donors (Lipinski definition) is 1. The molecule has 2 amide bonds. The number of carbonyl (C=O) groups is 2. The van der Waals surface area contributed by atoms with Gasteiger partial charge in [0.1, 0.15) is 5.41 Å². The molecule has 1 aliphatic heterocycles. The SMILES string of the molecule is CCC(C)NC(=O)C1(C(=O)N(CC)C2CCS(=O)(=O)C2)CC1. The number of nitrogens with one attached hydrogen (secondary N) is 1. The van der Waals surface area contributed by atoms with Crippen LogP contribution in [0.25, 0.3) is 0 Å². The van der Waals surface area contributed by atoms with E-state index in [9.17, 15) is 18.0 Å². The molecule has 2 atom stereocenters. The number of amides is 2. The number of rotatable bonds is 6. The molecule has 1 aliphatic carbocycles. The Morgan fingerprint density at radius 1 is 1.32 bits per heavy atom. The lowest BCUT2D eigenvalue weighted by atomic mass is 10.0. The Hall–Kier alpha value is -1.11. The lowest BCUT2D eigenvalue weighted by molar-refractivity contribution is -0.145. The quantitative estimate of drug-likeness (QED) is 0.727. The van der Waals surface area contributed by atoms with Gasteiger partial charge in [-0.2, -0.15) is 0 Å². The summed E-state index contributed by atoms with van der Waals surface area (Å²) in [7, 11) is -3.05. The van der Waals surface area contributed by atoms with Crippen LogP contribution < -0.4 is 5.32 Å². The second kappa shape index (κ2) is 6.18. The fourth-order valence-electron chi connectivity index (χ4n) is 2.99. The summed E-state index contributed by atoms with van der Waals surface area (Å²) in [5.41, 5.74) is -0.953. The summed E-state index contributed by atoms with van der Waals surface area (Å²) >= 11 is 0. The van der Waals surface area contributed by atoms with Gasteiger partial charge >= 0.3 is 0 Å². The number of sulfone groups is 1. The average molecular weight is 330 g/mol. The maximum atomic E-state index is 12.8. The lowest BCUT2D eigenvalue weighted by Gasteiger charge is -2.31. The summed E-state index contributed by atoms with van der Waals surface area (Å²) < 4.78 is 23.3. The van der Waals surface area contributed by atoms with Crippen LogP contribution in [-0.4, -0.2) is 55.3 Å². The molecule has 0 aromatic rings. The minimum Gasteiger partial charge on any atom is -0.353 e. The van der Waals surface area contributed by atoms with E-state index in [0.717, 1.165) is 6.42 Å². The van der Waals surface area contributed by atoms with E-state index in [1.807, 2.05) is 20.8 Å². The molecule has 0 aromatic carbocycles. The van der Waals surface area contributed by atoms with Gasteiger partial charge in [-0.3, -0.25) is 9.59 Å². The molecular formula is C15H26N2O4S. The molecule has 126 valence electrons. The van der Waals surface area contributed by atoms with Crippen molar-refractivity contribution in [1.82, 2.24) is 10.2 Å². The molecule has 2 rings (SSSR count). The maximum Gasteiger partial charge on any atom is 0.238 e. The molecule has 1 saturated heterocycles. The zero-order valence-corrected chi connectivity index (χ0v) is 14.4. The van der Waals surface area contributed by atoms with Gasteiger partial charge in [-0.15, -0.1) is 0 Å². The monoisotopic (exact) mass is 330 g/mol. The normalized spacial score (nSPS) is 26.2. The molecule has 1 saturated carbocycles. The fraction of sp³-hybridized carbons (Fsp3) is 0.867. The topological polar surface area (TPSA) is 83.6 Å². The third-order valence-corrected chi connectivity index (χ3v) is 6.58. The van der Waals surface area contributed by atoms with Gasteiger partial charge in [-0.25, -0.2) is 8.42 Å². The van der Waals surface area contributed by atoms with Gasteiger partial charge < -0.3 is 10.2 Å². The molecule has 0 aromatic heterocycles. The minimum atomic E-state index is -3.05. The van der Waals surface area contributed by atoms with Crippen molar-refractivity contribution in [3.63, 3.8) is 0 Å². The zero-order valence-electron chi connectivity index (χ0n) is 13.6. The van der Waals surface area contributed by atoms with E-state index < -0.39 is 15.3 Å². The summed E-state index contributed by atoms with van der Waals surface area (Å²) in [4.78, 5) is 26.9. The standard InChI is InChI=1S/C15H26N2O4S/c1-4-11(3)16-13(18)15(7-8-15)14(19)17(5-2)12-6-9-22(20,21)10-12/h11-12H,4-10H2,1-3H3,(H,16,18). The summed E-state index contributed by atoms with van der Waals surface area (Å²) in [5.74, 6) is -0.243. The third-order valence-electron chi connectivity index (χ3n) is 4.83. The van der Waals surface area contributed by atoms with Crippen molar-refractivity contribution >= 4 is 21.7 Å². The van der Waals surface area contributed by atoms with Gasteiger partial charge in [0.05, 0.1) is 11.5 Å². The summed E-state index contributed by atoms with van der Waals surface area (Å²) in [6.07, 6.45) is 2.41. The minimum absolute atomic E-state index is 0.0235. The Morgan fingerprint density at radius 2 is 1.95 bits per heavy atom. The highest BCUT2D eigenvalue weighted by Crippen LogP contribution is 2.48. The first-order valence-corrected chi connectivity index (χ1v) is 9.90. The van der Waals surface area contributed by atoms with Gasteiger partial charge in [-0.05, 0) is 39.5 Å². The van der Waals surface area contributed by atoms with Gasteiger partial charge in [-0.1, -0.05) is 6.92 Å². The van der Waals surface area contributed by atoms with E-state index in [0.29, 0.717) is 25.8 Å². The van der Waals surface area contributed by atoms with Crippen LogP contribution in [0.1, 0.15) is 46.5 Å². The molecule has 2 unspecified atom stereocenters. The maximum absolute atomic E-state index is 12.8.